The van der Waals surface area contributed by atoms with Crippen LogP contribution in [0.1, 0.15) is 6.42 Å². The second kappa shape index (κ2) is 9.14. The highest BCUT2D eigenvalue weighted by Gasteiger charge is 2.47. The van der Waals surface area contributed by atoms with Gasteiger partial charge in [0.1, 0.15) is 12.2 Å². The minimum absolute atomic E-state index is 0.0237. The van der Waals surface area contributed by atoms with Crippen molar-refractivity contribution in [3.8, 4) is 17.0 Å². The summed E-state index contributed by atoms with van der Waals surface area (Å²) in [6.45, 7) is 0.601. The van der Waals surface area contributed by atoms with Crippen molar-refractivity contribution in [2.45, 2.75) is 31.0 Å². The number of imidazole rings is 1. The second-order valence-electron chi connectivity index (χ2n) is 9.33. The van der Waals surface area contributed by atoms with Crippen molar-refractivity contribution in [3.63, 3.8) is 0 Å². The minimum atomic E-state index is -3.02. The summed E-state index contributed by atoms with van der Waals surface area (Å²) in [5.41, 5.74) is 2.21. The summed E-state index contributed by atoms with van der Waals surface area (Å²) in [4.78, 5) is 10.3. The number of piperidine rings is 1. The smallest absolute Gasteiger partial charge is 0.280 e. The fourth-order valence-electron chi connectivity index (χ4n) is 5.03. The Labute approximate surface area is 209 Å². The van der Waals surface area contributed by atoms with Gasteiger partial charge < -0.3 is 19.4 Å². The number of aryl methyl sites for hydroxylation is 1. The molecular weight excluding hydrogens is 494 g/mol. The summed E-state index contributed by atoms with van der Waals surface area (Å²) in [6, 6.07) is 3.96. The zero-order valence-corrected chi connectivity index (χ0v) is 20.0. The van der Waals surface area contributed by atoms with Crippen LogP contribution in [0.5, 0.6) is 5.88 Å². The molecule has 0 radical (unpaired) electrons. The molecule has 2 fully saturated rings. The van der Waals surface area contributed by atoms with Gasteiger partial charge in [-0.1, -0.05) is 6.07 Å². The molecule has 13 heteroatoms. The Hall–Kier alpha value is -3.45. The lowest BCUT2D eigenvalue weighted by Crippen LogP contribution is -2.61. The summed E-state index contributed by atoms with van der Waals surface area (Å²) >= 11 is 0. The van der Waals surface area contributed by atoms with E-state index in [1.807, 2.05) is 0 Å². The van der Waals surface area contributed by atoms with E-state index in [9.17, 15) is 13.2 Å². The lowest BCUT2D eigenvalue weighted by molar-refractivity contribution is -0.131. The van der Waals surface area contributed by atoms with E-state index < -0.39 is 24.5 Å². The Bertz CT molecular complexity index is 1450. The molecule has 2 aliphatic heterocycles. The number of fused-ring (bicyclic) bond motifs is 2. The predicted octanol–water partition coefficient (Wildman–Crippen LogP) is 3.38. The van der Waals surface area contributed by atoms with Crippen LogP contribution in [0.15, 0.2) is 30.7 Å². The standard InChI is InChI=1S/C24H25F4N7O2/c1-36-22-21-20(14-2-3-17-18(8-14)34(7-5-25)13-29-17)16(26)9-35(21)32-23(31-22)30-19-4-6-33(12-24(19,27)28)15-10-37-11-15/h2-3,8-9,13,15,19H,4-7,10-12H2,1H3,(H,30,32). The quantitative estimate of drug-likeness (QED) is 0.375. The summed E-state index contributed by atoms with van der Waals surface area (Å²) in [6.07, 6.45) is 2.87. The van der Waals surface area contributed by atoms with Crippen molar-refractivity contribution in [2.24, 2.45) is 0 Å². The number of benzene rings is 1. The number of ether oxygens (including phenoxy) is 2. The molecule has 6 rings (SSSR count). The minimum Gasteiger partial charge on any atom is -0.479 e. The molecule has 2 aliphatic rings. The van der Waals surface area contributed by atoms with Crippen molar-refractivity contribution in [3.05, 3.63) is 36.5 Å². The average molecular weight is 520 g/mol. The second-order valence-corrected chi connectivity index (χ2v) is 9.33. The number of alkyl halides is 3. The topological polar surface area (TPSA) is 81.7 Å². The first-order valence-corrected chi connectivity index (χ1v) is 12.0. The van der Waals surface area contributed by atoms with Crippen LogP contribution in [0, 0.1) is 5.82 Å². The van der Waals surface area contributed by atoms with Gasteiger partial charge in [-0.15, -0.1) is 5.10 Å². The van der Waals surface area contributed by atoms with Gasteiger partial charge in [0.05, 0.1) is 74.6 Å². The van der Waals surface area contributed by atoms with Gasteiger partial charge in [-0.2, -0.15) is 4.98 Å². The number of hydrogen-bond acceptors (Lipinski definition) is 7. The van der Waals surface area contributed by atoms with Crippen LogP contribution in [0.25, 0.3) is 27.7 Å². The van der Waals surface area contributed by atoms with Crippen LogP contribution in [0.4, 0.5) is 23.5 Å². The summed E-state index contributed by atoms with van der Waals surface area (Å²) in [5.74, 6) is -3.68. The average Bonchev–Trinajstić information content (AvgIpc) is 3.38. The molecule has 0 bridgehead atoms. The Morgan fingerprint density at radius 3 is 2.81 bits per heavy atom. The maximum absolute atomic E-state index is 15.3. The number of likely N-dealkylation sites (tertiary alicyclic amines) is 1. The predicted molar refractivity (Wildman–Crippen MR) is 127 cm³/mol. The first-order valence-electron chi connectivity index (χ1n) is 12.0. The normalized spacial score (nSPS) is 20.4. The summed E-state index contributed by atoms with van der Waals surface area (Å²) in [7, 11) is 1.37. The van der Waals surface area contributed by atoms with Crippen molar-refractivity contribution < 1.29 is 27.0 Å². The van der Waals surface area contributed by atoms with Crippen LogP contribution in [-0.4, -0.2) is 87.1 Å². The van der Waals surface area contributed by atoms with E-state index in [2.05, 4.69) is 20.4 Å². The van der Waals surface area contributed by atoms with Crippen LogP contribution >= 0.6 is 0 Å². The Balaban J connectivity index is 1.33. The Kier molecular flexibility index (Phi) is 5.91. The van der Waals surface area contributed by atoms with Crippen LogP contribution in [0.2, 0.25) is 0 Å². The molecular formula is C24H25F4N7O2. The van der Waals surface area contributed by atoms with Gasteiger partial charge in [-0.25, -0.2) is 27.1 Å². The molecule has 2 saturated heterocycles. The molecule has 1 N–H and O–H groups in total. The molecule has 0 aliphatic carbocycles. The van der Waals surface area contributed by atoms with Crippen molar-refractivity contribution >= 4 is 22.5 Å². The zero-order valence-electron chi connectivity index (χ0n) is 20.0. The monoisotopic (exact) mass is 519 g/mol. The van der Waals surface area contributed by atoms with Crippen LogP contribution < -0.4 is 10.1 Å². The number of nitrogens with zero attached hydrogens (tertiary/aromatic N) is 6. The molecule has 196 valence electrons. The lowest BCUT2D eigenvalue weighted by Gasteiger charge is -2.44. The van der Waals surface area contributed by atoms with Gasteiger partial charge in [0.15, 0.2) is 5.82 Å². The maximum Gasteiger partial charge on any atom is 0.280 e. The van der Waals surface area contributed by atoms with Gasteiger partial charge in [0, 0.05) is 6.54 Å². The fraction of sp³-hybridized carbons (Fsp3) is 0.458. The summed E-state index contributed by atoms with van der Waals surface area (Å²) < 4.78 is 71.6. The third-order valence-corrected chi connectivity index (χ3v) is 7.05. The molecule has 1 atom stereocenters. The first-order chi connectivity index (χ1) is 17.9. The van der Waals surface area contributed by atoms with Gasteiger partial charge in [-0.05, 0) is 24.1 Å². The van der Waals surface area contributed by atoms with E-state index in [4.69, 9.17) is 9.47 Å². The molecule has 4 aromatic rings. The molecule has 5 heterocycles. The number of anilines is 1. The molecule has 1 unspecified atom stereocenters. The first kappa shape index (κ1) is 23.9. The van der Waals surface area contributed by atoms with Crippen LogP contribution in [-0.2, 0) is 11.3 Å². The third-order valence-electron chi connectivity index (χ3n) is 7.05. The molecule has 0 saturated carbocycles. The van der Waals surface area contributed by atoms with Crippen LogP contribution in [0.3, 0.4) is 0 Å². The molecule has 0 spiro atoms. The molecule has 3 aromatic heterocycles. The van der Waals surface area contributed by atoms with Crippen molar-refractivity contribution in [1.29, 1.82) is 0 Å². The van der Waals surface area contributed by atoms with E-state index in [1.165, 1.54) is 18.0 Å². The molecule has 0 amide bonds. The van der Waals surface area contributed by atoms with Gasteiger partial charge in [-0.3, -0.25) is 4.90 Å². The zero-order chi connectivity index (χ0) is 25.7. The number of nitrogens with one attached hydrogen (secondary N) is 1. The van der Waals surface area contributed by atoms with Gasteiger partial charge in [0.25, 0.3) is 5.92 Å². The van der Waals surface area contributed by atoms with Crippen molar-refractivity contribution in [1.82, 2.24) is 29.0 Å². The molecule has 37 heavy (non-hydrogen) atoms. The number of aromatic nitrogens is 5. The summed E-state index contributed by atoms with van der Waals surface area (Å²) in [5, 5.41) is 7.02. The Morgan fingerprint density at radius 2 is 2.11 bits per heavy atom. The van der Waals surface area contributed by atoms with E-state index in [0.29, 0.717) is 36.4 Å². The largest absolute Gasteiger partial charge is 0.479 e. The number of hydrogen-bond donors (Lipinski definition) is 1. The number of halogens is 4. The van der Waals surface area contributed by atoms with Crippen molar-refractivity contribution in [2.75, 3.05) is 45.4 Å². The van der Waals surface area contributed by atoms with E-state index >= 15 is 4.39 Å². The third kappa shape index (κ3) is 4.15. The van der Waals surface area contributed by atoms with E-state index in [1.54, 1.807) is 27.7 Å². The molecule has 1 aromatic carbocycles. The number of rotatable bonds is 7. The van der Waals surface area contributed by atoms with E-state index in [0.717, 1.165) is 6.20 Å². The SMILES string of the molecule is COc1nc(NC2CCN(C3COC3)CC2(F)F)nn2cc(F)c(-c3ccc4ncn(CCF)c4c3)c12. The highest BCUT2D eigenvalue weighted by molar-refractivity contribution is 5.90. The molecule has 9 nitrogen and oxygen atoms in total. The van der Waals surface area contributed by atoms with Gasteiger partial charge >= 0.3 is 0 Å². The lowest BCUT2D eigenvalue weighted by atomic mass is 9.98. The Morgan fingerprint density at radius 1 is 1.27 bits per heavy atom. The highest BCUT2D eigenvalue weighted by atomic mass is 19.3. The van der Waals surface area contributed by atoms with Gasteiger partial charge in [0.2, 0.25) is 11.8 Å². The highest BCUT2D eigenvalue weighted by Crippen LogP contribution is 2.36. The number of methoxy groups -OCH3 is 1. The van der Waals surface area contributed by atoms with E-state index in [-0.39, 0.29) is 48.5 Å². The maximum atomic E-state index is 15.3. The fourth-order valence-corrected chi connectivity index (χ4v) is 5.03.